The van der Waals surface area contributed by atoms with Crippen molar-refractivity contribution in [2.45, 2.75) is 24.3 Å². The molecule has 0 aliphatic carbocycles. The minimum Gasteiger partial charge on any atom is -0.325 e. The van der Waals surface area contributed by atoms with Crippen LogP contribution < -0.4 is 5.32 Å². The van der Waals surface area contributed by atoms with Gasteiger partial charge in [0.1, 0.15) is 5.82 Å². The number of thioether (sulfide) groups is 1. The van der Waals surface area contributed by atoms with Gasteiger partial charge < -0.3 is 5.32 Å². The Hall–Kier alpha value is -2.38. The highest BCUT2D eigenvalue weighted by molar-refractivity contribution is 8.00. The van der Waals surface area contributed by atoms with Crippen molar-refractivity contribution in [2.75, 3.05) is 5.32 Å². The first-order valence-electron chi connectivity index (χ1n) is 7.85. The highest BCUT2D eigenvalue weighted by atomic mass is 35.5. The molecule has 8 heteroatoms. The number of hydrogen-bond donors (Lipinski definition) is 2. The number of aromatic amines is 1. The molecule has 0 spiro atoms. The topological polar surface area (TPSA) is 70.7 Å². The number of carbonyl (C=O) groups is 1. The standard InChI is InChI=1S/C18H16ClFN4OS/c1-10-13(19)7-5-9-15(10)21-17(25)11(2)26-18-22-16(23-24-18)12-6-3-4-8-14(12)20/h3-9,11H,1-2H3,(H,21,25)(H,22,23,24)/t11-/m1/s1. The summed E-state index contributed by atoms with van der Waals surface area (Å²) in [4.78, 5) is 16.7. The third-order valence-electron chi connectivity index (χ3n) is 3.77. The van der Waals surface area contributed by atoms with E-state index in [1.54, 1.807) is 43.3 Å². The van der Waals surface area contributed by atoms with Gasteiger partial charge >= 0.3 is 0 Å². The molecule has 5 nitrogen and oxygen atoms in total. The second-order valence-electron chi connectivity index (χ2n) is 5.61. The van der Waals surface area contributed by atoms with Crippen molar-refractivity contribution in [3.8, 4) is 11.4 Å². The van der Waals surface area contributed by atoms with Crippen molar-refractivity contribution in [1.29, 1.82) is 0 Å². The number of hydrogen-bond acceptors (Lipinski definition) is 4. The van der Waals surface area contributed by atoms with Crippen LogP contribution in [0.4, 0.5) is 10.1 Å². The molecule has 1 atom stereocenters. The van der Waals surface area contributed by atoms with Crippen LogP contribution in [0, 0.1) is 12.7 Å². The average Bonchev–Trinajstić information content (AvgIpc) is 3.07. The Morgan fingerprint density at radius 1 is 1.27 bits per heavy atom. The minimum atomic E-state index is -0.447. The Morgan fingerprint density at radius 3 is 2.81 bits per heavy atom. The Morgan fingerprint density at radius 2 is 2.04 bits per heavy atom. The van der Waals surface area contributed by atoms with Gasteiger partial charge in [-0.3, -0.25) is 9.89 Å². The zero-order chi connectivity index (χ0) is 18.7. The third-order valence-corrected chi connectivity index (χ3v) is 5.14. The second kappa shape index (κ2) is 7.88. The number of amides is 1. The lowest BCUT2D eigenvalue weighted by molar-refractivity contribution is -0.115. The van der Waals surface area contributed by atoms with Crippen molar-refractivity contribution in [3.63, 3.8) is 0 Å². The van der Waals surface area contributed by atoms with Gasteiger partial charge in [0.25, 0.3) is 0 Å². The van der Waals surface area contributed by atoms with E-state index in [2.05, 4.69) is 20.5 Å². The van der Waals surface area contributed by atoms with E-state index >= 15 is 0 Å². The first-order chi connectivity index (χ1) is 12.5. The molecular weight excluding hydrogens is 375 g/mol. The Balaban J connectivity index is 1.68. The highest BCUT2D eigenvalue weighted by Crippen LogP contribution is 2.27. The molecular formula is C18H16ClFN4OS. The molecule has 26 heavy (non-hydrogen) atoms. The molecule has 1 heterocycles. The second-order valence-corrected chi connectivity index (χ2v) is 7.32. The molecule has 0 saturated carbocycles. The van der Waals surface area contributed by atoms with E-state index in [0.29, 0.717) is 27.3 Å². The van der Waals surface area contributed by atoms with Crippen molar-refractivity contribution in [3.05, 3.63) is 58.9 Å². The van der Waals surface area contributed by atoms with Crippen molar-refractivity contribution >= 4 is 35.0 Å². The smallest absolute Gasteiger partial charge is 0.237 e. The minimum absolute atomic E-state index is 0.197. The molecule has 0 unspecified atom stereocenters. The molecule has 0 aliphatic heterocycles. The van der Waals surface area contributed by atoms with Crippen LogP contribution in [0.1, 0.15) is 12.5 Å². The summed E-state index contributed by atoms with van der Waals surface area (Å²) < 4.78 is 13.8. The predicted molar refractivity (Wildman–Crippen MR) is 102 cm³/mol. The molecule has 134 valence electrons. The summed E-state index contributed by atoms with van der Waals surface area (Å²) in [7, 11) is 0. The molecule has 0 aliphatic rings. The van der Waals surface area contributed by atoms with Gasteiger partial charge in [-0.1, -0.05) is 41.6 Å². The van der Waals surface area contributed by atoms with Gasteiger partial charge in [0.2, 0.25) is 11.1 Å². The van der Waals surface area contributed by atoms with Crippen LogP contribution in [0.5, 0.6) is 0 Å². The number of rotatable bonds is 5. The SMILES string of the molecule is Cc1c(Cl)cccc1NC(=O)[C@@H](C)Sc1n[nH]c(-c2ccccc2F)n1. The van der Waals surface area contributed by atoms with Gasteiger partial charge in [-0.15, -0.1) is 5.10 Å². The maximum atomic E-state index is 13.8. The first-order valence-corrected chi connectivity index (χ1v) is 9.11. The largest absolute Gasteiger partial charge is 0.325 e. The molecule has 0 radical (unpaired) electrons. The van der Waals surface area contributed by atoms with Crippen LogP contribution in [0.25, 0.3) is 11.4 Å². The van der Waals surface area contributed by atoms with Crippen molar-refractivity contribution < 1.29 is 9.18 Å². The summed E-state index contributed by atoms with van der Waals surface area (Å²) in [5.74, 6) is -0.260. The number of halogens is 2. The van der Waals surface area contributed by atoms with Crippen LogP contribution in [0.2, 0.25) is 5.02 Å². The number of nitrogens with zero attached hydrogens (tertiary/aromatic N) is 2. The van der Waals surface area contributed by atoms with Crippen molar-refractivity contribution in [2.24, 2.45) is 0 Å². The zero-order valence-corrected chi connectivity index (χ0v) is 15.7. The molecule has 0 saturated heterocycles. The monoisotopic (exact) mass is 390 g/mol. The molecule has 2 N–H and O–H groups in total. The molecule has 3 aromatic rings. The van der Waals surface area contributed by atoms with Gasteiger partial charge in [-0.05, 0) is 43.7 Å². The maximum Gasteiger partial charge on any atom is 0.237 e. The van der Waals surface area contributed by atoms with Gasteiger partial charge in [-0.25, -0.2) is 9.37 Å². The number of benzene rings is 2. The third kappa shape index (κ3) is 4.05. The molecule has 0 fully saturated rings. The van der Waals surface area contributed by atoms with Gasteiger partial charge in [0, 0.05) is 10.7 Å². The summed E-state index contributed by atoms with van der Waals surface area (Å²) in [6.45, 7) is 3.59. The Kier molecular flexibility index (Phi) is 5.58. The fraction of sp³-hybridized carbons (Fsp3) is 0.167. The zero-order valence-electron chi connectivity index (χ0n) is 14.1. The normalized spacial score (nSPS) is 12.0. The summed E-state index contributed by atoms with van der Waals surface area (Å²) >= 11 is 7.25. The molecule has 0 bridgehead atoms. The quantitative estimate of drug-likeness (QED) is 0.620. The van der Waals surface area contributed by atoms with Crippen LogP contribution in [-0.2, 0) is 4.79 Å². The highest BCUT2D eigenvalue weighted by Gasteiger charge is 2.19. The van der Waals surface area contributed by atoms with E-state index in [4.69, 9.17) is 11.6 Å². The molecule has 2 aromatic carbocycles. The number of carbonyl (C=O) groups excluding carboxylic acids is 1. The summed E-state index contributed by atoms with van der Waals surface area (Å²) in [5.41, 5.74) is 1.80. The Bertz CT molecular complexity index is 946. The number of H-pyrrole nitrogens is 1. The fourth-order valence-corrected chi connectivity index (χ4v) is 3.16. The summed E-state index contributed by atoms with van der Waals surface area (Å²) in [6, 6.07) is 11.6. The van der Waals surface area contributed by atoms with Crippen molar-refractivity contribution in [1.82, 2.24) is 15.2 Å². The lowest BCUT2D eigenvalue weighted by Gasteiger charge is -2.12. The van der Waals surface area contributed by atoms with Crippen LogP contribution in [-0.4, -0.2) is 26.3 Å². The van der Waals surface area contributed by atoms with E-state index in [1.165, 1.54) is 17.8 Å². The predicted octanol–water partition coefficient (Wildman–Crippen LogP) is 4.69. The number of nitrogens with one attached hydrogen (secondary N) is 2. The van der Waals surface area contributed by atoms with Crippen LogP contribution >= 0.6 is 23.4 Å². The van der Waals surface area contributed by atoms with E-state index in [9.17, 15) is 9.18 Å². The first kappa shape index (κ1) is 18.4. The van der Waals surface area contributed by atoms with E-state index < -0.39 is 5.25 Å². The number of anilines is 1. The lowest BCUT2D eigenvalue weighted by atomic mass is 10.2. The maximum absolute atomic E-state index is 13.8. The van der Waals surface area contributed by atoms with Gasteiger partial charge in [0.15, 0.2) is 5.82 Å². The van der Waals surface area contributed by atoms with Crippen LogP contribution in [0.3, 0.4) is 0 Å². The number of aromatic nitrogens is 3. The average molecular weight is 391 g/mol. The molecule has 1 amide bonds. The lowest BCUT2D eigenvalue weighted by Crippen LogP contribution is -2.23. The molecule has 3 rings (SSSR count). The molecule has 1 aromatic heterocycles. The van der Waals surface area contributed by atoms with E-state index in [1.807, 2.05) is 6.92 Å². The Labute approximate surface area is 159 Å². The van der Waals surface area contributed by atoms with Gasteiger partial charge in [-0.2, -0.15) is 0 Å². The fourth-order valence-electron chi connectivity index (χ4n) is 2.26. The summed E-state index contributed by atoms with van der Waals surface area (Å²) in [5, 5.41) is 10.1. The summed E-state index contributed by atoms with van der Waals surface area (Å²) in [6.07, 6.45) is 0. The van der Waals surface area contributed by atoms with Crippen LogP contribution in [0.15, 0.2) is 47.6 Å². The van der Waals surface area contributed by atoms with Gasteiger partial charge in [0.05, 0.1) is 10.8 Å². The van der Waals surface area contributed by atoms with E-state index in [-0.39, 0.29) is 11.7 Å². The van der Waals surface area contributed by atoms with E-state index in [0.717, 1.165) is 5.56 Å².